The van der Waals surface area contributed by atoms with Gasteiger partial charge < -0.3 is 0 Å². The molecule has 60 valence electrons. The molecular weight excluding hydrogens is 187 g/mol. The lowest BCUT2D eigenvalue weighted by atomic mass is 10.4. The summed E-state index contributed by atoms with van der Waals surface area (Å²) in [7, 11) is 0. The fraction of sp³-hybridized carbons (Fsp3) is 0.333. The standard InChI is InChI=1S/C6H6Cl2N2O/c1-2-10-5(6(8)11)4(7)3-9-10/h3H,2H2,1H3. The lowest BCUT2D eigenvalue weighted by Gasteiger charge is -1.97. The Kier molecular flexibility index (Phi) is 2.52. The maximum Gasteiger partial charge on any atom is 0.272 e. The Bertz CT molecular complexity index is 282. The van der Waals surface area contributed by atoms with Gasteiger partial charge in [0.2, 0.25) is 0 Å². The van der Waals surface area contributed by atoms with Gasteiger partial charge in [0.25, 0.3) is 5.24 Å². The van der Waals surface area contributed by atoms with Crippen LogP contribution in [0.1, 0.15) is 17.4 Å². The molecule has 0 aromatic carbocycles. The molecule has 0 aliphatic heterocycles. The van der Waals surface area contributed by atoms with E-state index in [9.17, 15) is 4.79 Å². The van der Waals surface area contributed by atoms with Gasteiger partial charge in [-0.1, -0.05) is 11.6 Å². The van der Waals surface area contributed by atoms with Crippen LogP contribution in [0.15, 0.2) is 6.20 Å². The van der Waals surface area contributed by atoms with Crippen molar-refractivity contribution in [1.82, 2.24) is 9.78 Å². The Morgan fingerprint density at radius 1 is 1.82 bits per heavy atom. The van der Waals surface area contributed by atoms with Crippen molar-refractivity contribution in [3.8, 4) is 0 Å². The fourth-order valence-corrected chi connectivity index (χ4v) is 1.27. The molecule has 3 nitrogen and oxygen atoms in total. The summed E-state index contributed by atoms with van der Waals surface area (Å²) >= 11 is 10.9. The number of rotatable bonds is 2. The second-order valence-electron chi connectivity index (χ2n) is 1.93. The van der Waals surface area contributed by atoms with Crippen LogP contribution in [0.2, 0.25) is 5.02 Å². The monoisotopic (exact) mass is 192 g/mol. The molecule has 1 aromatic rings. The fourth-order valence-electron chi connectivity index (χ4n) is 0.798. The number of hydrogen-bond donors (Lipinski definition) is 0. The first kappa shape index (κ1) is 8.56. The summed E-state index contributed by atoms with van der Waals surface area (Å²) in [6, 6.07) is 0. The van der Waals surface area contributed by atoms with E-state index in [1.54, 1.807) is 0 Å². The summed E-state index contributed by atoms with van der Waals surface area (Å²) in [5, 5.41) is 3.56. The first-order valence-electron chi connectivity index (χ1n) is 3.08. The molecule has 0 spiro atoms. The molecule has 0 bridgehead atoms. The number of aryl methyl sites for hydroxylation is 1. The zero-order valence-electron chi connectivity index (χ0n) is 5.84. The number of hydrogen-bond acceptors (Lipinski definition) is 2. The molecule has 11 heavy (non-hydrogen) atoms. The van der Waals surface area contributed by atoms with Crippen molar-refractivity contribution in [1.29, 1.82) is 0 Å². The summed E-state index contributed by atoms with van der Waals surface area (Å²) in [5.74, 6) is 0. The van der Waals surface area contributed by atoms with E-state index in [-0.39, 0.29) is 5.69 Å². The quantitative estimate of drug-likeness (QED) is 0.672. The van der Waals surface area contributed by atoms with Crippen molar-refractivity contribution >= 4 is 28.4 Å². The summed E-state index contributed by atoms with van der Waals surface area (Å²) in [6.45, 7) is 2.44. The maximum atomic E-state index is 10.7. The third-order valence-corrected chi connectivity index (χ3v) is 1.74. The van der Waals surface area contributed by atoms with E-state index in [2.05, 4.69) is 5.10 Å². The van der Waals surface area contributed by atoms with Gasteiger partial charge in [-0.25, -0.2) is 0 Å². The zero-order chi connectivity index (χ0) is 8.43. The molecule has 1 heterocycles. The molecule has 0 fully saturated rings. The van der Waals surface area contributed by atoms with E-state index in [1.807, 2.05) is 6.92 Å². The molecule has 1 rings (SSSR count). The van der Waals surface area contributed by atoms with Crippen LogP contribution in [0.25, 0.3) is 0 Å². The normalized spacial score (nSPS) is 10.1. The average Bonchev–Trinajstić information content (AvgIpc) is 2.30. The van der Waals surface area contributed by atoms with Gasteiger partial charge in [-0.2, -0.15) is 5.10 Å². The van der Waals surface area contributed by atoms with E-state index in [0.717, 1.165) is 0 Å². The van der Waals surface area contributed by atoms with Gasteiger partial charge in [0.1, 0.15) is 5.69 Å². The van der Waals surface area contributed by atoms with Crippen LogP contribution in [-0.4, -0.2) is 15.0 Å². The van der Waals surface area contributed by atoms with Gasteiger partial charge in [-0.3, -0.25) is 9.48 Å². The zero-order valence-corrected chi connectivity index (χ0v) is 7.35. The number of halogens is 2. The van der Waals surface area contributed by atoms with Crippen molar-refractivity contribution in [2.24, 2.45) is 0 Å². The highest BCUT2D eigenvalue weighted by atomic mass is 35.5. The molecule has 0 atom stereocenters. The van der Waals surface area contributed by atoms with Gasteiger partial charge in [0.15, 0.2) is 0 Å². The second-order valence-corrected chi connectivity index (χ2v) is 2.68. The predicted octanol–water partition coefficient (Wildman–Crippen LogP) is 1.94. The van der Waals surface area contributed by atoms with Crippen LogP contribution in [0, 0.1) is 0 Å². The number of nitrogens with zero attached hydrogens (tertiary/aromatic N) is 2. The molecule has 0 saturated carbocycles. The van der Waals surface area contributed by atoms with Crippen molar-refractivity contribution in [3.63, 3.8) is 0 Å². The van der Waals surface area contributed by atoms with Crippen LogP contribution in [0.5, 0.6) is 0 Å². The van der Waals surface area contributed by atoms with Crippen LogP contribution in [0.3, 0.4) is 0 Å². The average molecular weight is 193 g/mol. The van der Waals surface area contributed by atoms with Gasteiger partial charge in [-0.05, 0) is 18.5 Å². The highest BCUT2D eigenvalue weighted by Gasteiger charge is 2.13. The molecule has 5 heteroatoms. The number of carbonyl (C=O) groups excluding carboxylic acids is 1. The Labute approximate surface area is 73.9 Å². The summed E-state index contributed by atoms with van der Waals surface area (Å²) in [6.07, 6.45) is 1.40. The highest BCUT2D eigenvalue weighted by Crippen LogP contribution is 2.16. The first-order chi connectivity index (χ1) is 5.16. The predicted molar refractivity (Wildman–Crippen MR) is 43.1 cm³/mol. The molecule has 0 N–H and O–H groups in total. The minimum atomic E-state index is -0.575. The molecule has 0 amide bonds. The van der Waals surface area contributed by atoms with E-state index >= 15 is 0 Å². The topological polar surface area (TPSA) is 34.9 Å². The smallest absolute Gasteiger partial charge is 0.272 e. The van der Waals surface area contributed by atoms with E-state index in [0.29, 0.717) is 11.6 Å². The maximum absolute atomic E-state index is 10.7. The van der Waals surface area contributed by atoms with Crippen molar-refractivity contribution in [2.45, 2.75) is 13.5 Å². The molecule has 0 aliphatic carbocycles. The highest BCUT2D eigenvalue weighted by molar-refractivity contribution is 6.68. The minimum absolute atomic E-state index is 0.260. The molecular formula is C6H6Cl2N2O. The van der Waals surface area contributed by atoms with Crippen LogP contribution < -0.4 is 0 Å². The van der Waals surface area contributed by atoms with Crippen LogP contribution >= 0.6 is 23.2 Å². The Morgan fingerprint density at radius 2 is 2.45 bits per heavy atom. The van der Waals surface area contributed by atoms with Crippen LogP contribution in [-0.2, 0) is 6.54 Å². The minimum Gasteiger partial charge on any atom is -0.274 e. The third-order valence-electron chi connectivity index (χ3n) is 1.28. The molecule has 0 unspecified atom stereocenters. The lowest BCUT2D eigenvalue weighted by Crippen LogP contribution is -2.05. The Morgan fingerprint density at radius 3 is 2.82 bits per heavy atom. The van der Waals surface area contributed by atoms with Crippen molar-refractivity contribution in [2.75, 3.05) is 0 Å². The number of aromatic nitrogens is 2. The van der Waals surface area contributed by atoms with Gasteiger partial charge in [0.05, 0.1) is 11.2 Å². The van der Waals surface area contributed by atoms with E-state index in [1.165, 1.54) is 10.9 Å². The Balaban J connectivity index is 3.17. The van der Waals surface area contributed by atoms with Crippen LogP contribution in [0.4, 0.5) is 0 Å². The van der Waals surface area contributed by atoms with Gasteiger partial charge in [0, 0.05) is 6.54 Å². The van der Waals surface area contributed by atoms with Crippen molar-refractivity contribution in [3.05, 3.63) is 16.9 Å². The number of carbonyl (C=O) groups is 1. The summed E-state index contributed by atoms with van der Waals surface area (Å²) in [4.78, 5) is 10.7. The summed E-state index contributed by atoms with van der Waals surface area (Å²) in [5.41, 5.74) is 0.260. The third kappa shape index (κ3) is 1.54. The Hall–Kier alpha value is -0.540. The van der Waals surface area contributed by atoms with E-state index < -0.39 is 5.24 Å². The van der Waals surface area contributed by atoms with E-state index in [4.69, 9.17) is 23.2 Å². The molecule has 0 aliphatic rings. The molecule has 1 aromatic heterocycles. The SMILES string of the molecule is CCn1ncc(Cl)c1C(=O)Cl. The first-order valence-corrected chi connectivity index (χ1v) is 3.83. The summed E-state index contributed by atoms with van der Waals surface area (Å²) < 4.78 is 1.46. The van der Waals surface area contributed by atoms with Crippen molar-refractivity contribution < 1.29 is 4.79 Å². The molecule has 0 radical (unpaired) electrons. The second kappa shape index (κ2) is 3.24. The van der Waals surface area contributed by atoms with Gasteiger partial charge in [-0.15, -0.1) is 0 Å². The largest absolute Gasteiger partial charge is 0.274 e. The molecule has 0 saturated heterocycles. The van der Waals surface area contributed by atoms with Gasteiger partial charge >= 0.3 is 0 Å². The lowest BCUT2D eigenvalue weighted by molar-refractivity contribution is 0.107.